The zero-order chi connectivity index (χ0) is 44.4. The second kappa shape index (κ2) is 51.2. The summed E-state index contributed by atoms with van der Waals surface area (Å²) in [6, 6.07) is -0.578. The van der Waals surface area contributed by atoms with E-state index >= 15 is 0 Å². The van der Waals surface area contributed by atoms with E-state index < -0.39 is 12.1 Å². The Labute approximate surface area is 380 Å². The quantitative estimate of drug-likeness (QED) is 0.0322. The molecular weight excluding hydrogens is 755 g/mol. The number of hydrogen-bond acceptors (Lipinski definition) is 5. The summed E-state index contributed by atoms with van der Waals surface area (Å²) in [4.78, 5) is 24.5. The van der Waals surface area contributed by atoms with Crippen molar-refractivity contribution in [3.63, 3.8) is 0 Å². The lowest BCUT2D eigenvalue weighted by Crippen LogP contribution is -2.45. The average Bonchev–Trinajstić information content (AvgIpc) is 3.26. The van der Waals surface area contributed by atoms with E-state index in [0.717, 1.165) is 70.6 Å². The van der Waals surface area contributed by atoms with Gasteiger partial charge in [0.15, 0.2) is 0 Å². The van der Waals surface area contributed by atoms with Gasteiger partial charge in [-0.1, -0.05) is 257 Å². The molecule has 0 fully saturated rings. The highest BCUT2D eigenvalue weighted by Gasteiger charge is 2.20. The van der Waals surface area contributed by atoms with E-state index in [0.29, 0.717) is 25.9 Å². The number of carbonyl (C=O) groups is 2. The molecule has 0 rings (SSSR count). The van der Waals surface area contributed by atoms with Crippen LogP contribution in [0, 0.1) is 0 Å². The summed E-state index contributed by atoms with van der Waals surface area (Å²) in [7, 11) is 0. The van der Waals surface area contributed by atoms with Gasteiger partial charge in [-0.2, -0.15) is 0 Å². The average molecular weight is 862 g/mol. The number of aliphatic hydroxyl groups is 2. The van der Waals surface area contributed by atoms with Gasteiger partial charge in [-0.3, -0.25) is 9.59 Å². The van der Waals surface area contributed by atoms with Crippen molar-refractivity contribution in [3.8, 4) is 0 Å². The third kappa shape index (κ3) is 47.9. The van der Waals surface area contributed by atoms with E-state index in [1.54, 1.807) is 0 Å². The van der Waals surface area contributed by atoms with Crippen LogP contribution in [0.2, 0.25) is 0 Å². The molecule has 2 unspecified atom stereocenters. The normalized spacial score (nSPS) is 12.7. The summed E-state index contributed by atoms with van der Waals surface area (Å²) in [5, 5.41) is 23.2. The van der Waals surface area contributed by atoms with Gasteiger partial charge >= 0.3 is 5.97 Å². The standard InChI is InChI=1S/C55H107NO5/c1-3-5-7-9-11-13-15-17-19-20-21-22-23-24-25-26-28-31-35-39-43-47-53(58)52(51-57)56-54(59)48-44-40-36-32-30-34-38-42-46-50-61-55(60)49-45-41-37-33-29-27-18-16-14-12-10-8-6-4-2/h32,36,52-53,57-58H,3-31,33-35,37-51H2,1-2H3,(H,56,59)/b36-32-. The molecule has 0 saturated heterocycles. The molecule has 0 aliphatic rings. The Morgan fingerprint density at radius 2 is 0.787 bits per heavy atom. The fourth-order valence-corrected chi connectivity index (χ4v) is 8.59. The highest BCUT2D eigenvalue weighted by molar-refractivity contribution is 5.76. The Hall–Kier alpha value is -1.40. The van der Waals surface area contributed by atoms with Gasteiger partial charge in [0.25, 0.3) is 0 Å². The summed E-state index contributed by atoms with van der Waals surface area (Å²) < 4.78 is 5.44. The van der Waals surface area contributed by atoms with Crippen LogP contribution in [0.25, 0.3) is 0 Å². The lowest BCUT2D eigenvalue weighted by molar-refractivity contribution is -0.143. The SMILES string of the molecule is CCCCCCCCCCCCCCCCCCCCCCCC(O)C(CO)NC(=O)CCC/C=C\CCCCCCOC(=O)CCCCCCCCCCCCCCCC. The smallest absolute Gasteiger partial charge is 0.305 e. The first-order valence-corrected chi connectivity index (χ1v) is 27.4. The second-order valence-electron chi connectivity index (χ2n) is 18.9. The molecule has 0 aliphatic heterocycles. The lowest BCUT2D eigenvalue weighted by Gasteiger charge is -2.22. The monoisotopic (exact) mass is 862 g/mol. The molecule has 3 N–H and O–H groups in total. The van der Waals surface area contributed by atoms with Crippen molar-refractivity contribution < 1.29 is 24.5 Å². The molecule has 0 radical (unpaired) electrons. The molecule has 0 aromatic carbocycles. The van der Waals surface area contributed by atoms with E-state index in [-0.39, 0.29) is 18.5 Å². The van der Waals surface area contributed by atoms with Crippen molar-refractivity contribution in [1.29, 1.82) is 0 Å². The highest BCUT2D eigenvalue weighted by atomic mass is 16.5. The number of nitrogens with one attached hydrogen (secondary N) is 1. The molecule has 61 heavy (non-hydrogen) atoms. The van der Waals surface area contributed by atoms with Gasteiger partial charge in [0.05, 0.1) is 25.4 Å². The minimum atomic E-state index is -0.694. The summed E-state index contributed by atoms with van der Waals surface area (Å²) in [5.74, 6) is -0.125. The molecule has 0 heterocycles. The number of unbranched alkanes of at least 4 members (excludes halogenated alkanes) is 38. The van der Waals surface area contributed by atoms with Crippen LogP contribution < -0.4 is 5.32 Å². The highest BCUT2D eigenvalue weighted by Crippen LogP contribution is 2.17. The topological polar surface area (TPSA) is 95.9 Å². The van der Waals surface area contributed by atoms with Crippen molar-refractivity contribution in [1.82, 2.24) is 5.32 Å². The van der Waals surface area contributed by atoms with Crippen molar-refractivity contribution >= 4 is 11.9 Å². The van der Waals surface area contributed by atoms with E-state index in [2.05, 4.69) is 31.3 Å². The molecule has 0 bridgehead atoms. The maximum Gasteiger partial charge on any atom is 0.305 e. The van der Waals surface area contributed by atoms with Gasteiger partial charge in [0.1, 0.15) is 0 Å². The third-order valence-electron chi connectivity index (χ3n) is 12.8. The van der Waals surface area contributed by atoms with E-state index in [1.165, 1.54) is 199 Å². The third-order valence-corrected chi connectivity index (χ3v) is 12.8. The largest absolute Gasteiger partial charge is 0.466 e. The van der Waals surface area contributed by atoms with Crippen LogP contribution in [0.4, 0.5) is 0 Å². The van der Waals surface area contributed by atoms with Gasteiger partial charge < -0.3 is 20.3 Å². The van der Waals surface area contributed by atoms with Crippen LogP contribution in [-0.2, 0) is 14.3 Å². The van der Waals surface area contributed by atoms with Gasteiger partial charge in [-0.25, -0.2) is 0 Å². The van der Waals surface area contributed by atoms with Crippen molar-refractivity contribution in [3.05, 3.63) is 12.2 Å². The molecule has 6 nitrogen and oxygen atoms in total. The Bertz CT molecular complexity index is 909. The summed E-state index contributed by atoms with van der Waals surface area (Å²) in [6.45, 7) is 4.88. The molecule has 362 valence electrons. The molecule has 2 atom stereocenters. The number of amides is 1. The summed E-state index contributed by atoms with van der Waals surface area (Å²) in [5.41, 5.74) is 0. The molecule has 1 amide bonds. The minimum absolute atomic E-state index is 0.0325. The predicted octanol–water partition coefficient (Wildman–Crippen LogP) is 16.5. The molecule has 0 spiro atoms. The van der Waals surface area contributed by atoms with E-state index in [4.69, 9.17) is 4.74 Å². The second-order valence-corrected chi connectivity index (χ2v) is 18.9. The number of allylic oxidation sites excluding steroid dienone is 2. The van der Waals surface area contributed by atoms with Gasteiger partial charge in [-0.15, -0.1) is 0 Å². The number of carbonyl (C=O) groups excluding carboxylic acids is 2. The van der Waals surface area contributed by atoms with Crippen LogP contribution in [0.1, 0.15) is 303 Å². The molecule has 0 aromatic heterocycles. The molecule has 0 aliphatic carbocycles. The van der Waals surface area contributed by atoms with Crippen LogP contribution in [0.3, 0.4) is 0 Å². The van der Waals surface area contributed by atoms with Crippen molar-refractivity contribution in [2.75, 3.05) is 13.2 Å². The number of aliphatic hydroxyl groups excluding tert-OH is 2. The Morgan fingerprint density at radius 1 is 0.443 bits per heavy atom. The maximum absolute atomic E-state index is 12.5. The molecular formula is C55H107NO5. The van der Waals surface area contributed by atoms with Crippen molar-refractivity contribution in [2.24, 2.45) is 0 Å². The first kappa shape index (κ1) is 59.6. The lowest BCUT2D eigenvalue weighted by atomic mass is 10.0. The van der Waals surface area contributed by atoms with Crippen LogP contribution in [0.15, 0.2) is 12.2 Å². The Morgan fingerprint density at radius 3 is 1.20 bits per heavy atom. The summed E-state index contributed by atoms with van der Waals surface area (Å²) >= 11 is 0. The molecule has 0 aromatic rings. The zero-order valence-electron chi connectivity index (χ0n) is 41.2. The maximum atomic E-state index is 12.5. The van der Waals surface area contributed by atoms with Gasteiger partial charge in [-0.05, 0) is 44.9 Å². The fourth-order valence-electron chi connectivity index (χ4n) is 8.59. The molecule has 0 saturated carbocycles. The van der Waals surface area contributed by atoms with Crippen LogP contribution in [-0.4, -0.2) is 47.4 Å². The van der Waals surface area contributed by atoms with Crippen molar-refractivity contribution in [2.45, 2.75) is 315 Å². The number of hydrogen-bond donors (Lipinski definition) is 3. The molecule has 6 heteroatoms. The Kier molecular flexibility index (Phi) is 50.1. The first-order valence-electron chi connectivity index (χ1n) is 27.4. The minimum Gasteiger partial charge on any atom is -0.466 e. The fraction of sp³-hybridized carbons (Fsp3) is 0.927. The number of ether oxygens (including phenoxy) is 1. The van der Waals surface area contributed by atoms with Gasteiger partial charge in [0, 0.05) is 12.8 Å². The van der Waals surface area contributed by atoms with E-state index in [1.807, 2.05) is 0 Å². The zero-order valence-corrected chi connectivity index (χ0v) is 41.2. The van der Waals surface area contributed by atoms with Crippen LogP contribution >= 0.6 is 0 Å². The van der Waals surface area contributed by atoms with Crippen LogP contribution in [0.5, 0.6) is 0 Å². The van der Waals surface area contributed by atoms with E-state index in [9.17, 15) is 19.8 Å². The first-order chi connectivity index (χ1) is 30.0. The number of rotatable bonds is 51. The summed E-state index contributed by atoms with van der Waals surface area (Å²) in [6.07, 6.45) is 59.1. The predicted molar refractivity (Wildman–Crippen MR) is 264 cm³/mol. The Balaban J connectivity index is 3.51. The number of esters is 1. The van der Waals surface area contributed by atoms with Gasteiger partial charge in [0.2, 0.25) is 5.91 Å².